The number of carbonyl (C=O) groups is 2. The second-order valence-electron chi connectivity index (χ2n) is 9.90. The number of hydrogen-bond donors (Lipinski definition) is 2. The molecule has 0 radical (unpaired) electrons. The zero-order valence-electron chi connectivity index (χ0n) is 22.5. The van der Waals surface area contributed by atoms with Crippen molar-refractivity contribution in [3.05, 3.63) is 101 Å². The zero-order chi connectivity index (χ0) is 27.7. The summed E-state index contributed by atoms with van der Waals surface area (Å²) in [5.41, 5.74) is 3.91. The molecule has 200 valence electrons. The van der Waals surface area contributed by atoms with E-state index in [0.29, 0.717) is 17.9 Å². The molecule has 3 aromatic carbocycles. The first-order valence-corrected chi connectivity index (χ1v) is 13.1. The maximum absolute atomic E-state index is 13.6. The lowest BCUT2D eigenvalue weighted by Gasteiger charge is -2.25. The Kier molecular flexibility index (Phi) is 7.15. The van der Waals surface area contributed by atoms with Crippen LogP contribution in [0, 0.1) is 0 Å². The molecule has 1 aliphatic rings. The number of para-hydroxylation sites is 1. The lowest BCUT2D eigenvalue weighted by atomic mass is 9.93. The number of fused-ring (bicyclic) bond motifs is 1. The number of ether oxygens (including phenoxy) is 2. The fourth-order valence-electron chi connectivity index (χ4n) is 5.20. The number of benzene rings is 3. The van der Waals surface area contributed by atoms with Crippen molar-refractivity contribution in [2.75, 3.05) is 13.7 Å². The maximum atomic E-state index is 13.6. The highest BCUT2D eigenvalue weighted by Gasteiger charge is 2.47. The summed E-state index contributed by atoms with van der Waals surface area (Å²) in [7, 11) is 1.59. The van der Waals surface area contributed by atoms with Gasteiger partial charge in [-0.1, -0.05) is 44.2 Å². The van der Waals surface area contributed by atoms with E-state index in [1.54, 1.807) is 13.2 Å². The molecule has 1 amide bonds. The summed E-state index contributed by atoms with van der Waals surface area (Å²) in [6, 6.07) is 19.7. The number of Topliss-reactive ketones (excluding diaryl/α,β-unsaturated/α-hetero) is 1. The third-order valence-corrected chi connectivity index (χ3v) is 7.17. The molecular weight excluding hydrogens is 492 g/mol. The molecule has 0 spiro atoms. The summed E-state index contributed by atoms with van der Waals surface area (Å²) in [4.78, 5) is 31.9. The third-order valence-electron chi connectivity index (χ3n) is 7.17. The van der Waals surface area contributed by atoms with Crippen molar-refractivity contribution in [3.63, 3.8) is 0 Å². The molecule has 0 bridgehead atoms. The molecule has 39 heavy (non-hydrogen) atoms. The van der Waals surface area contributed by atoms with E-state index in [-0.39, 0.29) is 23.8 Å². The number of aliphatic hydroxyl groups excluding tert-OH is 1. The van der Waals surface area contributed by atoms with Crippen molar-refractivity contribution in [3.8, 4) is 11.5 Å². The molecular formula is C32H32N2O5. The summed E-state index contributed by atoms with van der Waals surface area (Å²) < 4.78 is 11.0. The molecule has 1 unspecified atom stereocenters. The molecule has 1 fully saturated rings. The molecule has 2 N–H and O–H groups in total. The molecule has 0 saturated carbocycles. The van der Waals surface area contributed by atoms with E-state index in [0.717, 1.165) is 33.3 Å². The lowest BCUT2D eigenvalue weighted by molar-refractivity contribution is -0.140. The number of H-pyrrole nitrogens is 1. The number of aromatic amines is 1. The summed E-state index contributed by atoms with van der Waals surface area (Å²) >= 11 is 0. The number of hydrogen-bond acceptors (Lipinski definition) is 5. The van der Waals surface area contributed by atoms with Crippen molar-refractivity contribution in [1.82, 2.24) is 9.88 Å². The molecule has 0 aliphatic carbocycles. The van der Waals surface area contributed by atoms with Gasteiger partial charge in [0.15, 0.2) is 0 Å². The highest BCUT2D eigenvalue weighted by molar-refractivity contribution is 6.46. The molecule has 1 aliphatic heterocycles. The Morgan fingerprint density at radius 1 is 1.05 bits per heavy atom. The number of nitrogens with one attached hydrogen (secondary N) is 1. The Balaban J connectivity index is 1.67. The van der Waals surface area contributed by atoms with E-state index in [9.17, 15) is 14.7 Å². The number of methoxy groups -OCH3 is 1. The van der Waals surface area contributed by atoms with Gasteiger partial charge < -0.3 is 24.5 Å². The fraction of sp³-hybridized carbons (Fsp3) is 0.250. The van der Waals surface area contributed by atoms with E-state index < -0.39 is 17.7 Å². The number of carbonyl (C=O) groups excluding carboxylic acids is 2. The number of ketones is 1. The largest absolute Gasteiger partial charge is 0.507 e. The summed E-state index contributed by atoms with van der Waals surface area (Å²) in [6.45, 7) is 6.71. The standard InChI is InChI=1S/C32H32N2O5/c1-5-39-27-15-12-21(16-24(27)19(2)3)30(35)28-29(25-17-33-26-9-7-6-8-23(25)26)34(32(37)31(28)36)18-20-10-13-22(38-4)14-11-20/h6-17,19,29,33,35H,5,18H2,1-4H3/b30-28+. The van der Waals surface area contributed by atoms with Gasteiger partial charge in [0.1, 0.15) is 17.3 Å². The highest BCUT2D eigenvalue weighted by Crippen LogP contribution is 2.43. The first kappa shape index (κ1) is 26.1. The van der Waals surface area contributed by atoms with Crippen molar-refractivity contribution in [2.24, 2.45) is 0 Å². The second-order valence-corrected chi connectivity index (χ2v) is 9.90. The molecule has 5 rings (SSSR count). The molecule has 1 atom stereocenters. The second kappa shape index (κ2) is 10.7. The van der Waals surface area contributed by atoms with E-state index >= 15 is 0 Å². The SMILES string of the molecule is CCOc1ccc(/C(O)=C2\C(=O)C(=O)N(Cc3ccc(OC)cc3)C2c2c[nH]c3ccccc23)cc1C(C)C. The fourth-order valence-corrected chi connectivity index (χ4v) is 5.20. The van der Waals surface area contributed by atoms with E-state index in [1.807, 2.05) is 87.6 Å². The van der Waals surface area contributed by atoms with Gasteiger partial charge >= 0.3 is 0 Å². The predicted molar refractivity (Wildman–Crippen MR) is 151 cm³/mol. The minimum atomic E-state index is -0.780. The van der Waals surface area contributed by atoms with Crippen LogP contribution >= 0.6 is 0 Å². The van der Waals surface area contributed by atoms with Gasteiger partial charge in [0.25, 0.3) is 11.7 Å². The highest BCUT2D eigenvalue weighted by atomic mass is 16.5. The summed E-state index contributed by atoms with van der Waals surface area (Å²) in [6.07, 6.45) is 1.81. The normalized spacial score (nSPS) is 16.8. The Morgan fingerprint density at radius 2 is 1.79 bits per heavy atom. The summed E-state index contributed by atoms with van der Waals surface area (Å²) in [5, 5.41) is 12.5. The number of aliphatic hydroxyl groups is 1. The van der Waals surface area contributed by atoms with E-state index in [4.69, 9.17) is 9.47 Å². The van der Waals surface area contributed by atoms with Crippen LogP contribution in [0.25, 0.3) is 16.7 Å². The summed E-state index contributed by atoms with van der Waals surface area (Å²) in [5.74, 6) is -0.0106. The van der Waals surface area contributed by atoms with E-state index in [1.165, 1.54) is 4.90 Å². The topological polar surface area (TPSA) is 91.9 Å². The number of aromatic nitrogens is 1. The van der Waals surface area contributed by atoms with Crippen LogP contribution in [0.4, 0.5) is 0 Å². The van der Waals surface area contributed by atoms with Crippen molar-refractivity contribution in [1.29, 1.82) is 0 Å². The van der Waals surface area contributed by atoms with Gasteiger partial charge in [-0.25, -0.2) is 0 Å². The van der Waals surface area contributed by atoms with Crippen LogP contribution < -0.4 is 9.47 Å². The molecule has 7 heteroatoms. The van der Waals surface area contributed by atoms with Gasteiger partial charge in [-0.3, -0.25) is 9.59 Å². The zero-order valence-corrected chi connectivity index (χ0v) is 22.5. The average molecular weight is 525 g/mol. The van der Waals surface area contributed by atoms with Gasteiger partial charge in [-0.2, -0.15) is 0 Å². The Hall–Kier alpha value is -4.52. The van der Waals surface area contributed by atoms with Crippen LogP contribution in [0.15, 0.2) is 78.5 Å². The predicted octanol–water partition coefficient (Wildman–Crippen LogP) is 6.32. The van der Waals surface area contributed by atoms with Gasteiger partial charge in [-0.15, -0.1) is 0 Å². The van der Waals surface area contributed by atoms with Gasteiger partial charge in [-0.05, 0) is 60.4 Å². The van der Waals surface area contributed by atoms with Crippen LogP contribution in [-0.4, -0.2) is 40.4 Å². The quantitative estimate of drug-likeness (QED) is 0.160. The monoisotopic (exact) mass is 524 g/mol. The van der Waals surface area contributed by atoms with Crippen LogP contribution in [0.2, 0.25) is 0 Å². The van der Waals surface area contributed by atoms with Crippen molar-refractivity contribution >= 4 is 28.4 Å². The first-order chi connectivity index (χ1) is 18.8. The Bertz CT molecular complexity index is 1570. The first-order valence-electron chi connectivity index (χ1n) is 13.1. The van der Waals surface area contributed by atoms with Gasteiger partial charge in [0.05, 0.1) is 25.3 Å². The molecule has 1 saturated heterocycles. The minimum Gasteiger partial charge on any atom is -0.507 e. The van der Waals surface area contributed by atoms with Crippen LogP contribution in [0.5, 0.6) is 11.5 Å². The van der Waals surface area contributed by atoms with Crippen LogP contribution in [-0.2, 0) is 16.1 Å². The van der Waals surface area contributed by atoms with E-state index in [2.05, 4.69) is 4.98 Å². The molecule has 4 aromatic rings. The van der Waals surface area contributed by atoms with Gasteiger partial charge in [0, 0.05) is 34.8 Å². The Morgan fingerprint density at radius 3 is 2.49 bits per heavy atom. The third kappa shape index (κ3) is 4.76. The molecule has 1 aromatic heterocycles. The minimum absolute atomic E-state index is 0.0668. The van der Waals surface area contributed by atoms with Crippen molar-refractivity contribution in [2.45, 2.75) is 39.3 Å². The molecule has 2 heterocycles. The number of rotatable bonds is 8. The van der Waals surface area contributed by atoms with Crippen molar-refractivity contribution < 1.29 is 24.2 Å². The Labute approximate surface area is 227 Å². The maximum Gasteiger partial charge on any atom is 0.295 e. The smallest absolute Gasteiger partial charge is 0.295 e. The lowest BCUT2D eigenvalue weighted by Crippen LogP contribution is -2.29. The number of likely N-dealkylation sites (tertiary alicyclic amines) is 1. The average Bonchev–Trinajstić information content (AvgIpc) is 3.47. The number of amides is 1. The molecule has 7 nitrogen and oxygen atoms in total. The van der Waals surface area contributed by atoms with Crippen LogP contribution in [0.3, 0.4) is 0 Å². The van der Waals surface area contributed by atoms with Crippen LogP contribution in [0.1, 0.15) is 55.0 Å². The van der Waals surface area contributed by atoms with Gasteiger partial charge in [0.2, 0.25) is 0 Å². The number of nitrogens with zero attached hydrogens (tertiary/aromatic N) is 1.